The molecule has 0 atom stereocenters. The summed E-state index contributed by atoms with van der Waals surface area (Å²) in [5.74, 6) is 0. The third-order valence-electron chi connectivity index (χ3n) is 4.04. The minimum absolute atomic E-state index is 0.133. The van der Waals surface area contributed by atoms with E-state index in [1.807, 2.05) is 25.1 Å². The fraction of sp³-hybridized carbons (Fsp3) is 0.278. The molecule has 2 aromatic carbocycles. The maximum absolute atomic E-state index is 12.8. The summed E-state index contributed by atoms with van der Waals surface area (Å²) in [6, 6.07) is 10.1. The lowest BCUT2D eigenvalue weighted by Crippen LogP contribution is -2.38. The molecule has 0 spiro atoms. The molecule has 2 amide bonds. The van der Waals surface area contributed by atoms with Gasteiger partial charge in [0.1, 0.15) is 0 Å². The summed E-state index contributed by atoms with van der Waals surface area (Å²) < 4.78 is 38.3. The minimum atomic E-state index is -4.43. The van der Waals surface area contributed by atoms with E-state index in [9.17, 15) is 18.0 Å². The molecule has 1 aliphatic rings. The Balaban J connectivity index is 1.82. The van der Waals surface area contributed by atoms with Gasteiger partial charge in [-0.05, 0) is 49.6 Å². The average Bonchev–Trinajstić information content (AvgIpc) is 2.53. The molecule has 6 heteroatoms. The molecule has 0 aliphatic carbocycles. The Bertz CT molecular complexity index is 771. The van der Waals surface area contributed by atoms with Crippen LogP contribution in [0.2, 0.25) is 0 Å². The molecule has 3 nitrogen and oxygen atoms in total. The largest absolute Gasteiger partial charge is 0.416 e. The van der Waals surface area contributed by atoms with Crippen LogP contribution in [0.1, 0.15) is 23.1 Å². The number of hydrogen-bond acceptors (Lipinski definition) is 1. The van der Waals surface area contributed by atoms with Crippen LogP contribution in [0.15, 0.2) is 42.5 Å². The highest BCUT2D eigenvalue weighted by atomic mass is 19.4. The van der Waals surface area contributed by atoms with Gasteiger partial charge in [-0.2, -0.15) is 13.2 Å². The molecule has 0 radical (unpaired) electrons. The SMILES string of the molecule is Cc1ccc2c(c1)CCCN2C(=O)Nc1cccc(C(F)(F)F)c1. The third kappa shape index (κ3) is 3.37. The van der Waals surface area contributed by atoms with Crippen molar-refractivity contribution < 1.29 is 18.0 Å². The van der Waals surface area contributed by atoms with Gasteiger partial charge in [0.2, 0.25) is 0 Å². The van der Waals surface area contributed by atoms with E-state index in [-0.39, 0.29) is 5.69 Å². The lowest BCUT2D eigenvalue weighted by atomic mass is 10.00. The Morgan fingerprint density at radius 1 is 1.17 bits per heavy atom. The van der Waals surface area contributed by atoms with Crippen molar-refractivity contribution in [1.82, 2.24) is 0 Å². The summed E-state index contributed by atoms with van der Waals surface area (Å²) >= 11 is 0. The Morgan fingerprint density at radius 3 is 2.71 bits per heavy atom. The predicted molar refractivity (Wildman–Crippen MR) is 87.3 cm³/mol. The number of hydrogen-bond donors (Lipinski definition) is 1. The molecule has 1 N–H and O–H groups in total. The van der Waals surface area contributed by atoms with Gasteiger partial charge in [-0.3, -0.25) is 4.90 Å². The molecule has 2 aromatic rings. The van der Waals surface area contributed by atoms with Crippen molar-refractivity contribution in [3.63, 3.8) is 0 Å². The number of nitrogens with one attached hydrogen (secondary N) is 1. The molecule has 0 unspecified atom stereocenters. The van der Waals surface area contributed by atoms with Crippen LogP contribution in [0, 0.1) is 6.92 Å². The maximum Gasteiger partial charge on any atom is 0.416 e. The Morgan fingerprint density at radius 2 is 1.96 bits per heavy atom. The second-order valence-electron chi connectivity index (χ2n) is 5.90. The molecule has 24 heavy (non-hydrogen) atoms. The van der Waals surface area contributed by atoms with Gasteiger partial charge in [0.05, 0.1) is 5.56 Å². The van der Waals surface area contributed by atoms with Crippen LogP contribution in [0.4, 0.5) is 29.3 Å². The molecule has 3 rings (SSSR count). The number of nitrogens with zero attached hydrogens (tertiary/aromatic N) is 1. The second-order valence-corrected chi connectivity index (χ2v) is 5.90. The molecule has 126 valence electrons. The van der Waals surface area contributed by atoms with Crippen LogP contribution >= 0.6 is 0 Å². The summed E-state index contributed by atoms with van der Waals surface area (Å²) in [6.45, 7) is 2.53. The molecular formula is C18H17F3N2O. The quantitative estimate of drug-likeness (QED) is 0.782. The smallest absolute Gasteiger partial charge is 0.308 e. The van der Waals surface area contributed by atoms with Crippen molar-refractivity contribution in [3.05, 3.63) is 59.2 Å². The van der Waals surface area contributed by atoms with Gasteiger partial charge in [0.25, 0.3) is 0 Å². The van der Waals surface area contributed by atoms with Gasteiger partial charge in [-0.15, -0.1) is 0 Å². The lowest BCUT2D eigenvalue weighted by molar-refractivity contribution is -0.137. The zero-order valence-electron chi connectivity index (χ0n) is 13.2. The fourth-order valence-corrected chi connectivity index (χ4v) is 2.90. The molecule has 0 saturated heterocycles. The summed E-state index contributed by atoms with van der Waals surface area (Å²) in [6.07, 6.45) is -2.72. The number of carbonyl (C=O) groups excluding carboxylic acids is 1. The van der Waals surface area contributed by atoms with Crippen LogP contribution in [0.3, 0.4) is 0 Å². The number of halogens is 3. The highest BCUT2D eigenvalue weighted by molar-refractivity contribution is 6.02. The van der Waals surface area contributed by atoms with Gasteiger partial charge < -0.3 is 5.32 Å². The van der Waals surface area contributed by atoms with Crippen LogP contribution in [-0.2, 0) is 12.6 Å². The van der Waals surface area contributed by atoms with Gasteiger partial charge in [-0.25, -0.2) is 4.79 Å². The van der Waals surface area contributed by atoms with Crippen molar-refractivity contribution in [2.24, 2.45) is 0 Å². The first kappa shape index (κ1) is 16.4. The zero-order valence-corrected chi connectivity index (χ0v) is 13.2. The fourth-order valence-electron chi connectivity index (χ4n) is 2.90. The number of carbonyl (C=O) groups is 1. The molecule has 1 heterocycles. The maximum atomic E-state index is 12.8. The van der Waals surface area contributed by atoms with Gasteiger partial charge in [0.15, 0.2) is 0 Å². The Hall–Kier alpha value is -2.50. The van der Waals surface area contributed by atoms with Crippen LogP contribution < -0.4 is 10.2 Å². The van der Waals surface area contributed by atoms with E-state index in [1.54, 1.807) is 4.90 Å². The van der Waals surface area contributed by atoms with Crippen LogP contribution in [0.5, 0.6) is 0 Å². The van der Waals surface area contributed by atoms with Crippen LogP contribution in [-0.4, -0.2) is 12.6 Å². The first-order chi connectivity index (χ1) is 11.3. The standard InChI is InChI=1S/C18H17F3N2O/c1-12-7-8-16-13(10-12)4-3-9-23(16)17(24)22-15-6-2-5-14(11-15)18(19,20)21/h2,5-8,10-11H,3-4,9H2,1H3,(H,22,24). The van der Waals surface area contributed by atoms with E-state index in [2.05, 4.69) is 5.32 Å². The molecule has 0 saturated carbocycles. The third-order valence-corrected chi connectivity index (χ3v) is 4.04. The topological polar surface area (TPSA) is 32.3 Å². The first-order valence-corrected chi connectivity index (χ1v) is 7.70. The highest BCUT2D eigenvalue weighted by Crippen LogP contribution is 2.32. The average molecular weight is 334 g/mol. The summed E-state index contributed by atoms with van der Waals surface area (Å²) in [5.41, 5.74) is 2.37. The van der Waals surface area contributed by atoms with E-state index in [1.165, 1.54) is 12.1 Å². The minimum Gasteiger partial charge on any atom is -0.308 e. The summed E-state index contributed by atoms with van der Waals surface area (Å²) in [7, 11) is 0. The number of urea groups is 1. The highest BCUT2D eigenvalue weighted by Gasteiger charge is 2.30. The Labute approximate surface area is 138 Å². The number of anilines is 2. The monoisotopic (exact) mass is 334 g/mol. The van der Waals surface area contributed by atoms with Gasteiger partial charge in [-0.1, -0.05) is 23.8 Å². The normalized spacial score (nSPS) is 14.2. The summed E-state index contributed by atoms with van der Waals surface area (Å²) in [4.78, 5) is 14.1. The number of amides is 2. The molecule has 0 aromatic heterocycles. The number of benzene rings is 2. The van der Waals surface area contributed by atoms with E-state index in [0.717, 1.165) is 41.8 Å². The molecule has 0 bridgehead atoms. The molecule has 0 fully saturated rings. The Kier molecular flexibility index (Phi) is 4.22. The van der Waals surface area contributed by atoms with Crippen molar-refractivity contribution in [2.45, 2.75) is 25.9 Å². The molecule has 1 aliphatic heterocycles. The second kappa shape index (κ2) is 6.19. The van der Waals surface area contributed by atoms with Gasteiger partial charge >= 0.3 is 12.2 Å². The van der Waals surface area contributed by atoms with Crippen molar-refractivity contribution in [2.75, 3.05) is 16.8 Å². The number of aryl methyl sites for hydroxylation is 2. The van der Waals surface area contributed by atoms with Gasteiger partial charge in [0, 0.05) is 17.9 Å². The van der Waals surface area contributed by atoms with Crippen molar-refractivity contribution >= 4 is 17.4 Å². The first-order valence-electron chi connectivity index (χ1n) is 7.70. The number of rotatable bonds is 1. The van der Waals surface area contributed by atoms with Crippen molar-refractivity contribution in [1.29, 1.82) is 0 Å². The van der Waals surface area contributed by atoms with Crippen molar-refractivity contribution in [3.8, 4) is 0 Å². The number of fused-ring (bicyclic) bond motifs is 1. The number of alkyl halides is 3. The van der Waals surface area contributed by atoms with E-state index < -0.39 is 17.8 Å². The van der Waals surface area contributed by atoms with E-state index >= 15 is 0 Å². The van der Waals surface area contributed by atoms with Crippen LogP contribution in [0.25, 0.3) is 0 Å². The summed E-state index contributed by atoms with van der Waals surface area (Å²) in [5, 5.41) is 2.57. The lowest BCUT2D eigenvalue weighted by Gasteiger charge is -2.30. The van der Waals surface area contributed by atoms with E-state index in [0.29, 0.717) is 6.54 Å². The predicted octanol–water partition coefficient (Wildman–Crippen LogP) is 5.00. The molecular weight excluding hydrogens is 317 g/mol. The zero-order chi connectivity index (χ0) is 17.3. The van der Waals surface area contributed by atoms with E-state index in [4.69, 9.17) is 0 Å².